The van der Waals surface area contributed by atoms with Crippen LogP contribution in [0.5, 0.6) is 11.5 Å². The van der Waals surface area contributed by atoms with Crippen LogP contribution in [-0.4, -0.2) is 20.0 Å². The molecule has 5 heteroatoms. The summed E-state index contributed by atoms with van der Waals surface area (Å²) < 4.78 is 11.3. The van der Waals surface area contributed by atoms with Gasteiger partial charge in [-0.15, -0.1) is 0 Å². The molecule has 0 heterocycles. The van der Waals surface area contributed by atoms with E-state index in [1.807, 2.05) is 6.92 Å². The van der Waals surface area contributed by atoms with Gasteiger partial charge in [-0.3, -0.25) is 4.79 Å². The number of carbonyl (C=O) groups is 1. The summed E-state index contributed by atoms with van der Waals surface area (Å²) in [6, 6.07) is 8.63. The highest BCUT2D eigenvalue weighted by Gasteiger charge is 2.20. The summed E-state index contributed by atoms with van der Waals surface area (Å²) in [7, 11) is 3.07. The molecule has 0 aliphatic heterocycles. The Morgan fingerprint density at radius 2 is 1.76 bits per heavy atom. The van der Waals surface area contributed by atoms with Gasteiger partial charge in [-0.2, -0.15) is 0 Å². The minimum atomic E-state index is -0.155. The van der Waals surface area contributed by atoms with Crippen LogP contribution in [0.25, 0.3) is 0 Å². The van der Waals surface area contributed by atoms with E-state index >= 15 is 0 Å². The van der Waals surface area contributed by atoms with Crippen LogP contribution in [-0.2, 0) is 0 Å². The van der Waals surface area contributed by atoms with E-state index < -0.39 is 0 Å². The molecule has 3 nitrogen and oxygen atoms in total. The highest BCUT2D eigenvalue weighted by molar-refractivity contribution is 9.10. The Bertz CT molecular complexity index is 698. The molecule has 2 aromatic rings. The topological polar surface area (TPSA) is 35.5 Å². The Kier molecular flexibility index (Phi) is 4.91. The van der Waals surface area contributed by atoms with Crippen LogP contribution in [0.15, 0.2) is 34.8 Å². The second kappa shape index (κ2) is 6.50. The minimum Gasteiger partial charge on any atom is -0.496 e. The number of hydrogen-bond acceptors (Lipinski definition) is 3. The van der Waals surface area contributed by atoms with E-state index in [4.69, 9.17) is 21.1 Å². The summed E-state index contributed by atoms with van der Waals surface area (Å²) in [5.41, 5.74) is 1.72. The van der Waals surface area contributed by atoms with Crippen LogP contribution in [0.2, 0.25) is 5.02 Å². The van der Waals surface area contributed by atoms with Crippen molar-refractivity contribution in [3.05, 3.63) is 56.5 Å². The lowest BCUT2D eigenvalue weighted by atomic mass is 9.98. The molecule has 0 N–H and O–H groups in total. The molecule has 110 valence electrons. The van der Waals surface area contributed by atoms with E-state index in [0.717, 1.165) is 10.0 Å². The third-order valence-corrected chi connectivity index (χ3v) is 4.26. The number of ketones is 1. The molecular weight excluding hydrogens is 356 g/mol. The fourth-order valence-electron chi connectivity index (χ4n) is 2.04. The molecule has 2 aromatic carbocycles. The molecule has 0 bridgehead atoms. The number of benzene rings is 2. The van der Waals surface area contributed by atoms with E-state index in [9.17, 15) is 4.79 Å². The fourth-order valence-corrected chi connectivity index (χ4v) is 2.70. The van der Waals surface area contributed by atoms with Crippen molar-refractivity contribution in [2.75, 3.05) is 14.2 Å². The Balaban J connectivity index is 2.60. The van der Waals surface area contributed by atoms with Gasteiger partial charge in [0.25, 0.3) is 0 Å². The van der Waals surface area contributed by atoms with Gasteiger partial charge in [0.05, 0.1) is 24.3 Å². The fraction of sp³-hybridized carbons (Fsp3) is 0.188. The number of hydrogen-bond donors (Lipinski definition) is 0. The third-order valence-electron chi connectivity index (χ3n) is 3.23. The van der Waals surface area contributed by atoms with E-state index in [1.54, 1.807) is 37.4 Å². The highest BCUT2D eigenvalue weighted by Crippen LogP contribution is 2.34. The summed E-state index contributed by atoms with van der Waals surface area (Å²) in [4.78, 5) is 12.8. The molecule has 0 fully saturated rings. The number of methoxy groups -OCH3 is 2. The number of rotatable bonds is 4. The summed E-state index contributed by atoms with van der Waals surface area (Å²) >= 11 is 9.46. The van der Waals surface area contributed by atoms with Gasteiger partial charge in [-0.25, -0.2) is 0 Å². The maximum Gasteiger partial charge on any atom is 0.197 e. The largest absolute Gasteiger partial charge is 0.496 e. The van der Waals surface area contributed by atoms with Crippen molar-refractivity contribution in [1.29, 1.82) is 0 Å². The molecule has 0 aromatic heterocycles. The van der Waals surface area contributed by atoms with Gasteiger partial charge in [-0.05, 0) is 46.6 Å². The van der Waals surface area contributed by atoms with Crippen molar-refractivity contribution >= 4 is 33.3 Å². The second-order valence-corrected chi connectivity index (χ2v) is 5.69. The minimum absolute atomic E-state index is 0.155. The lowest BCUT2D eigenvalue weighted by Gasteiger charge is -2.13. The average Bonchev–Trinajstić information content (AvgIpc) is 2.49. The monoisotopic (exact) mass is 368 g/mol. The summed E-state index contributed by atoms with van der Waals surface area (Å²) in [5, 5.41) is 0.559. The van der Waals surface area contributed by atoms with Crippen LogP contribution < -0.4 is 9.47 Å². The standard InChI is InChI=1S/C16H14BrClO3/c1-9-10(5-4-6-13(9)18)16(19)11-7-15(21-3)12(17)8-14(11)20-2/h4-8H,1-3H3. The maximum absolute atomic E-state index is 12.8. The lowest BCUT2D eigenvalue weighted by Crippen LogP contribution is -2.07. The highest BCUT2D eigenvalue weighted by atomic mass is 79.9. The van der Waals surface area contributed by atoms with E-state index in [-0.39, 0.29) is 5.78 Å². The molecule has 0 saturated heterocycles. The van der Waals surface area contributed by atoms with Crippen LogP contribution in [0.3, 0.4) is 0 Å². The molecule has 0 spiro atoms. The van der Waals surface area contributed by atoms with Crippen molar-refractivity contribution in [3.8, 4) is 11.5 Å². The lowest BCUT2D eigenvalue weighted by molar-refractivity contribution is 0.103. The van der Waals surface area contributed by atoms with Crippen LogP contribution in [0.4, 0.5) is 0 Å². The molecule has 0 saturated carbocycles. The average molecular weight is 370 g/mol. The number of carbonyl (C=O) groups excluding carboxylic acids is 1. The van der Waals surface area contributed by atoms with E-state index in [2.05, 4.69) is 15.9 Å². The molecule has 0 aliphatic carbocycles. The third kappa shape index (κ3) is 3.06. The zero-order valence-corrected chi connectivity index (χ0v) is 14.2. The van der Waals surface area contributed by atoms with Crippen LogP contribution in [0, 0.1) is 6.92 Å². The van der Waals surface area contributed by atoms with Gasteiger partial charge >= 0.3 is 0 Å². The zero-order valence-electron chi connectivity index (χ0n) is 11.9. The summed E-state index contributed by atoms with van der Waals surface area (Å²) in [6.45, 7) is 1.82. The van der Waals surface area contributed by atoms with Crippen molar-refractivity contribution < 1.29 is 14.3 Å². The molecule has 21 heavy (non-hydrogen) atoms. The Morgan fingerprint density at radius 3 is 2.38 bits per heavy atom. The summed E-state index contributed by atoms with van der Waals surface area (Å²) in [6.07, 6.45) is 0. The molecule has 0 aliphatic rings. The molecule has 0 radical (unpaired) electrons. The number of ether oxygens (including phenoxy) is 2. The molecule has 0 atom stereocenters. The van der Waals surface area contributed by atoms with Crippen molar-refractivity contribution in [2.24, 2.45) is 0 Å². The SMILES string of the molecule is COc1cc(C(=O)c2cccc(Cl)c2C)c(OC)cc1Br. The van der Waals surface area contributed by atoms with Crippen molar-refractivity contribution in [3.63, 3.8) is 0 Å². The normalized spacial score (nSPS) is 10.3. The van der Waals surface area contributed by atoms with Crippen molar-refractivity contribution in [1.82, 2.24) is 0 Å². The summed E-state index contributed by atoms with van der Waals surface area (Å²) in [5.74, 6) is 0.892. The first-order valence-corrected chi connectivity index (χ1v) is 7.38. The zero-order chi connectivity index (χ0) is 15.6. The Labute approximate surface area is 137 Å². The predicted molar refractivity (Wildman–Crippen MR) is 86.9 cm³/mol. The maximum atomic E-state index is 12.8. The quantitative estimate of drug-likeness (QED) is 0.735. The van der Waals surface area contributed by atoms with Gasteiger partial charge in [0.15, 0.2) is 5.78 Å². The van der Waals surface area contributed by atoms with E-state index in [0.29, 0.717) is 27.6 Å². The first-order chi connectivity index (χ1) is 9.99. The van der Waals surface area contributed by atoms with Gasteiger partial charge in [0.1, 0.15) is 11.5 Å². The Hall–Kier alpha value is -1.52. The Morgan fingerprint density at radius 1 is 1.10 bits per heavy atom. The van der Waals surface area contributed by atoms with Gasteiger partial charge in [0, 0.05) is 10.6 Å². The molecule has 0 amide bonds. The van der Waals surface area contributed by atoms with Crippen LogP contribution in [0.1, 0.15) is 21.5 Å². The number of halogens is 2. The molecule has 2 rings (SSSR count). The smallest absolute Gasteiger partial charge is 0.197 e. The molecule has 0 unspecified atom stereocenters. The second-order valence-electron chi connectivity index (χ2n) is 4.43. The van der Waals surface area contributed by atoms with Crippen LogP contribution >= 0.6 is 27.5 Å². The predicted octanol–water partition coefficient (Wildman–Crippen LogP) is 4.66. The molecular formula is C16H14BrClO3. The van der Waals surface area contributed by atoms with Crippen molar-refractivity contribution in [2.45, 2.75) is 6.92 Å². The first kappa shape index (κ1) is 15.9. The van der Waals surface area contributed by atoms with Gasteiger partial charge < -0.3 is 9.47 Å². The van der Waals surface area contributed by atoms with E-state index in [1.165, 1.54) is 7.11 Å². The van der Waals surface area contributed by atoms with Gasteiger partial charge in [0.2, 0.25) is 0 Å². The van der Waals surface area contributed by atoms with Gasteiger partial charge in [-0.1, -0.05) is 23.7 Å². The first-order valence-electron chi connectivity index (χ1n) is 6.21.